The highest BCUT2D eigenvalue weighted by molar-refractivity contribution is 7.92. The predicted molar refractivity (Wildman–Crippen MR) is 127 cm³/mol. The number of carbonyl (C=O) groups excluding carboxylic acids is 1. The molecular formula is C23H27N3O5S2. The van der Waals surface area contributed by atoms with Crippen LogP contribution in [0.5, 0.6) is 0 Å². The van der Waals surface area contributed by atoms with Gasteiger partial charge in [-0.05, 0) is 49.8 Å². The van der Waals surface area contributed by atoms with Crippen LogP contribution in [-0.2, 0) is 21.1 Å². The van der Waals surface area contributed by atoms with Gasteiger partial charge in [0.05, 0.1) is 15.2 Å². The number of aromatic nitrogens is 1. The summed E-state index contributed by atoms with van der Waals surface area (Å²) in [5, 5.41) is 18.5. The van der Waals surface area contributed by atoms with Gasteiger partial charge >= 0.3 is 0 Å². The summed E-state index contributed by atoms with van der Waals surface area (Å²) in [5.41, 5.74) is 3.04. The number of amides is 1. The van der Waals surface area contributed by atoms with Crippen molar-refractivity contribution < 1.29 is 23.5 Å². The number of hydrogen-bond acceptors (Lipinski definition) is 8. The fourth-order valence-corrected chi connectivity index (χ4v) is 5.33. The smallest absolute Gasteiger partial charge is 0.264 e. The van der Waals surface area contributed by atoms with E-state index >= 15 is 0 Å². The van der Waals surface area contributed by atoms with E-state index in [9.17, 15) is 13.2 Å². The predicted octanol–water partition coefficient (Wildman–Crippen LogP) is 1.21. The molecule has 2 aromatic rings. The van der Waals surface area contributed by atoms with Crippen LogP contribution in [0.4, 0.5) is 0 Å². The zero-order chi connectivity index (χ0) is 24.1. The third-order valence-corrected chi connectivity index (χ3v) is 8.89. The number of aliphatic hydroxyl groups is 1. The molecule has 1 aromatic carbocycles. The Kier molecular flexibility index (Phi) is 8.11. The van der Waals surface area contributed by atoms with E-state index in [0.717, 1.165) is 48.1 Å². The number of sulfone groups is 1. The molecule has 3 rings (SSSR count). The van der Waals surface area contributed by atoms with Gasteiger partial charge in [0.15, 0.2) is 9.84 Å². The third kappa shape index (κ3) is 6.11. The summed E-state index contributed by atoms with van der Waals surface area (Å²) in [7, 11) is -3.75. The first-order valence-electron chi connectivity index (χ1n) is 10.5. The standard InChI is InChI=1S/C23H27N3O5S2/c1-23(22(28)25-29,33(2,30)31)11-10-21-24-19-9-8-17(14-20(19)32-21)6-3-4-7-18-15-26(16-18)12-5-13-27/h8-9,14,18,27,29H,5,10-13,15-16H2,1-2H3,(H,25,28)/t23-/m1/s1. The molecule has 3 N–H and O–H groups in total. The Balaban J connectivity index is 1.63. The quantitative estimate of drug-likeness (QED) is 0.290. The minimum atomic E-state index is -3.75. The highest BCUT2D eigenvalue weighted by Crippen LogP contribution is 2.28. The molecule has 0 spiro atoms. The second-order valence-corrected chi connectivity index (χ2v) is 11.8. The zero-order valence-corrected chi connectivity index (χ0v) is 20.2. The molecule has 0 radical (unpaired) electrons. The minimum Gasteiger partial charge on any atom is -0.396 e. The highest BCUT2D eigenvalue weighted by atomic mass is 32.2. The van der Waals surface area contributed by atoms with E-state index in [1.165, 1.54) is 23.7 Å². The molecule has 1 aliphatic heterocycles. The van der Waals surface area contributed by atoms with Gasteiger partial charge in [0.2, 0.25) is 0 Å². The molecule has 1 aromatic heterocycles. The summed E-state index contributed by atoms with van der Waals surface area (Å²) in [6.45, 7) is 4.25. The Morgan fingerprint density at radius 2 is 2.12 bits per heavy atom. The van der Waals surface area contributed by atoms with E-state index in [-0.39, 0.29) is 19.4 Å². The molecule has 33 heavy (non-hydrogen) atoms. The average molecular weight is 490 g/mol. The average Bonchev–Trinajstić information content (AvgIpc) is 3.16. The van der Waals surface area contributed by atoms with E-state index in [0.29, 0.717) is 10.9 Å². The first-order valence-corrected chi connectivity index (χ1v) is 13.3. The number of carbonyl (C=O) groups is 1. The lowest BCUT2D eigenvalue weighted by molar-refractivity contribution is -0.131. The van der Waals surface area contributed by atoms with Gasteiger partial charge in [-0.1, -0.05) is 11.8 Å². The summed E-state index contributed by atoms with van der Waals surface area (Å²) < 4.78 is 23.4. The Morgan fingerprint density at radius 3 is 2.79 bits per heavy atom. The Morgan fingerprint density at radius 1 is 1.36 bits per heavy atom. The summed E-state index contributed by atoms with van der Waals surface area (Å²) in [6.07, 6.45) is 2.04. The number of fused-ring (bicyclic) bond motifs is 1. The lowest BCUT2D eigenvalue weighted by atomic mass is 10.0. The number of likely N-dealkylation sites (tertiary alicyclic amines) is 1. The van der Waals surface area contributed by atoms with E-state index in [2.05, 4.69) is 33.6 Å². The van der Waals surface area contributed by atoms with Gasteiger partial charge in [0.1, 0.15) is 4.75 Å². The monoisotopic (exact) mass is 489 g/mol. The third-order valence-electron chi connectivity index (χ3n) is 5.78. The van der Waals surface area contributed by atoms with Crippen molar-refractivity contribution >= 4 is 37.3 Å². The van der Waals surface area contributed by atoms with Gasteiger partial charge in [-0.15, -0.1) is 11.3 Å². The molecule has 1 amide bonds. The molecule has 0 unspecified atom stereocenters. The zero-order valence-electron chi connectivity index (χ0n) is 18.6. The molecule has 10 heteroatoms. The van der Waals surface area contributed by atoms with E-state index in [1.54, 1.807) is 0 Å². The van der Waals surface area contributed by atoms with E-state index in [1.807, 2.05) is 18.2 Å². The van der Waals surface area contributed by atoms with Crippen molar-refractivity contribution in [3.05, 3.63) is 28.8 Å². The molecule has 1 saturated heterocycles. The molecule has 1 atom stereocenters. The van der Waals surface area contributed by atoms with E-state index in [4.69, 9.17) is 10.3 Å². The molecule has 1 aliphatic rings. The molecule has 0 bridgehead atoms. The molecule has 2 heterocycles. The topological polar surface area (TPSA) is 120 Å². The van der Waals surface area contributed by atoms with Crippen molar-refractivity contribution in [2.75, 3.05) is 32.5 Å². The maximum absolute atomic E-state index is 12.1. The van der Waals surface area contributed by atoms with Crippen molar-refractivity contribution in [2.24, 2.45) is 5.92 Å². The fourth-order valence-electron chi connectivity index (χ4n) is 3.47. The Hall–Kier alpha value is -2.47. The van der Waals surface area contributed by atoms with Crippen LogP contribution in [0.2, 0.25) is 0 Å². The first kappa shape index (κ1) is 25.2. The van der Waals surface area contributed by atoms with Gasteiger partial charge in [0.25, 0.3) is 5.91 Å². The normalized spacial score (nSPS) is 16.1. The van der Waals surface area contributed by atoms with Crippen molar-refractivity contribution in [1.29, 1.82) is 0 Å². The first-order chi connectivity index (χ1) is 15.7. The van der Waals surface area contributed by atoms with Gasteiger partial charge in [-0.25, -0.2) is 18.9 Å². The van der Waals surface area contributed by atoms with Gasteiger partial charge < -0.3 is 10.0 Å². The Labute approximate surface area is 197 Å². The summed E-state index contributed by atoms with van der Waals surface area (Å²) in [6, 6.07) is 5.63. The highest BCUT2D eigenvalue weighted by Gasteiger charge is 2.43. The SMILES string of the molecule is C[C@@](CCc1nc2ccc(C#CC#CC3CN(CCCO)C3)cc2s1)(C(=O)NO)S(C)(=O)=O. The second-order valence-electron chi connectivity index (χ2n) is 8.29. The Bertz CT molecular complexity index is 1240. The van der Waals surface area contributed by atoms with Crippen molar-refractivity contribution in [3.8, 4) is 23.7 Å². The van der Waals surface area contributed by atoms with Gasteiger partial charge in [-0.3, -0.25) is 10.0 Å². The van der Waals surface area contributed by atoms with Crippen LogP contribution < -0.4 is 5.48 Å². The molecule has 0 saturated carbocycles. The molecule has 176 valence electrons. The molecule has 1 fully saturated rings. The largest absolute Gasteiger partial charge is 0.396 e. The van der Waals surface area contributed by atoms with Crippen LogP contribution in [0, 0.1) is 29.6 Å². The maximum Gasteiger partial charge on any atom is 0.264 e. The summed E-state index contributed by atoms with van der Waals surface area (Å²) >= 11 is 1.42. The molecule has 0 aliphatic carbocycles. The minimum absolute atomic E-state index is 0.00110. The van der Waals surface area contributed by atoms with Gasteiger partial charge in [-0.2, -0.15) is 0 Å². The number of hydrogen-bond donors (Lipinski definition) is 3. The number of hydroxylamine groups is 1. The number of aryl methyl sites for hydroxylation is 1. The number of rotatable bonds is 8. The van der Waals surface area contributed by atoms with Crippen molar-refractivity contribution in [1.82, 2.24) is 15.4 Å². The number of nitrogens with zero attached hydrogens (tertiary/aromatic N) is 2. The number of thiazole rings is 1. The van der Waals surface area contributed by atoms with Crippen LogP contribution >= 0.6 is 11.3 Å². The number of aliphatic hydroxyl groups excluding tert-OH is 1. The molecular weight excluding hydrogens is 462 g/mol. The van der Waals surface area contributed by atoms with Gasteiger partial charge in [0, 0.05) is 50.4 Å². The van der Waals surface area contributed by atoms with Crippen LogP contribution in [0.1, 0.15) is 30.3 Å². The number of benzene rings is 1. The maximum atomic E-state index is 12.1. The van der Waals surface area contributed by atoms with Crippen LogP contribution in [0.3, 0.4) is 0 Å². The van der Waals surface area contributed by atoms with Crippen molar-refractivity contribution in [2.45, 2.75) is 30.9 Å². The summed E-state index contributed by atoms with van der Waals surface area (Å²) in [4.78, 5) is 18.8. The second kappa shape index (κ2) is 10.6. The molecule has 8 nitrogen and oxygen atoms in total. The summed E-state index contributed by atoms with van der Waals surface area (Å²) in [5.74, 6) is 11.4. The van der Waals surface area contributed by atoms with Crippen LogP contribution in [0.15, 0.2) is 18.2 Å². The van der Waals surface area contributed by atoms with Crippen LogP contribution in [-0.4, -0.2) is 71.8 Å². The lowest BCUT2D eigenvalue weighted by Crippen LogP contribution is -2.49. The number of nitrogens with one attached hydrogen (secondary N) is 1. The van der Waals surface area contributed by atoms with Crippen molar-refractivity contribution in [3.63, 3.8) is 0 Å². The lowest BCUT2D eigenvalue weighted by Gasteiger charge is -2.36. The van der Waals surface area contributed by atoms with E-state index < -0.39 is 20.5 Å². The van der Waals surface area contributed by atoms with Crippen LogP contribution in [0.25, 0.3) is 10.2 Å². The fraction of sp³-hybridized carbons (Fsp3) is 0.478.